The molecule has 0 bridgehead atoms. The number of halogens is 2. The summed E-state index contributed by atoms with van der Waals surface area (Å²) in [7, 11) is 0. The van der Waals surface area contributed by atoms with Crippen LogP contribution >= 0.6 is 24.0 Å². The smallest absolute Gasteiger partial charge is 0.218 e. The van der Waals surface area contributed by atoms with Crippen molar-refractivity contribution in [3.63, 3.8) is 0 Å². The normalized spacial score (nSPS) is 26.3. The number of aliphatic hydroxyl groups excluding tert-OH is 1. The summed E-state index contributed by atoms with van der Waals surface area (Å²) in [4.78, 5) is 9.21. The Morgan fingerprint density at radius 1 is 1.43 bits per heavy atom. The maximum Gasteiger partial charge on any atom is 0.218 e. The zero-order valence-electron chi connectivity index (χ0n) is 8.41. The SMILES string of the molecule is CC(=O)Cl.Cl.N[C@@H]1CCCC[C@H](O)C1. The lowest BCUT2D eigenvalue weighted by atomic mass is 10.1. The van der Waals surface area contributed by atoms with Gasteiger partial charge in [0.1, 0.15) is 0 Å². The summed E-state index contributed by atoms with van der Waals surface area (Å²) >= 11 is 4.64. The Morgan fingerprint density at radius 2 is 1.86 bits per heavy atom. The molecule has 14 heavy (non-hydrogen) atoms. The maximum absolute atomic E-state index is 9.21. The number of rotatable bonds is 0. The van der Waals surface area contributed by atoms with Crippen LogP contribution in [0.25, 0.3) is 0 Å². The third kappa shape index (κ3) is 12.2. The number of aliphatic hydroxyl groups is 1. The van der Waals surface area contributed by atoms with Gasteiger partial charge in [-0.15, -0.1) is 12.4 Å². The van der Waals surface area contributed by atoms with E-state index in [1.54, 1.807) is 0 Å². The van der Waals surface area contributed by atoms with E-state index in [-0.39, 0.29) is 29.8 Å². The summed E-state index contributed by atoms with van der Waals surface area (Å²) in [6.45, 7) is 1.29. The Balaban J connectivity index is 0. The van der Waals surface area contributed by atoms with Gasteiger partial charge in [-0.2, -0.15) is 0 Å². The first-order valence-corrected chi connectivity index (χ1v) is 5.00. The third-order valence-electron chi connectivity index (χ3n) is 1.94. The molecule has 0 saturated heterocycles. The molecule has 0 heterocycles. The van der Waals surface area contributed by atoms with Gasteiger partial charge >= 0.3 is 0 Å². The van der Waals surface area contributed by atoms with Gasteiger partial charge in [0.15, 0.2) is 0 Å². The molecule has 0 aromatic carbocycles. The quantitative estimate of drug-likeness (QED) is 0.504. The number of carbonyl (C=O) groups excluding carboxylic acids is 1. The molecule has 0 aromatic heterocycles. The fourth-order valence-electron chi connectivity index (χ4n) is 1.37. The number of hydrogen-bond donors (Lipinski definition) is 2. The zero-order chi connectivity index (χ0) is 10.3. The molecule has 3 N–H and O–H groups in total. The molecule has 0 amide bonds. The average molecular weight is 244 g/mol. The molecular weight excluding hydrogens is 225 g/mol. The van der Waals surface area contributed by atoms with Crippen LogP contribution in [-0.2, 0) is 4.79 Å². The number of nitrogens with two attached hydrogens (primary N) is 1. The molecule has 1 fully saturated rings. The second-order valence-electron chi connectivity index (χ2n) is 3.40. The Kier molecular flexibility index (Phi) is 11.5. The standard InChI is InChI=1S/C7H15NO.C2H3ClO.ClH/c8-6-3-1-2-4-7(9)5-6;1-2(3)4;/h6-7,9H,1-5,8H2;1H3;1H/t6-,7+;;/m1../s1. The highest BCUT2D eigenvalue weighted by molar-refractivity contribution is 6.62. The van der Waals surface area contributed by atoms with Gasteiger partial charge in [0.05, 0.1) is 6.10 Å². The van der Waals surface area contributed by atoms with Crippen LogP contribution in [0.4, 0.5) is 0 Å². The number of hydrogen-bond acceptors (Lipinski definition) is 3. The minimum atomic E-state index is -0.361. The molecule has 5 heteroatoms. The molecule has 0 unspecified atom stereocenters. The fourth-order valence-corrected chi connectivity index (χ4v) is 1.37. The van der Waals surface area contributed by atoms with Crippen molar-refractivity contribution >= 4 is 29.3 Å². The Labute approximate surface area is 96.4 Å². The van der Waals surface area contributed by atoms with E-state index in [1.807, 2.05) is 0 Å². The molecule has 1 aliphatic carbocycles. The van der Waals surface area contributed by atoms with Crippen molar-refractivity contribution in [2.24, 2.45) is 5.73 Å². The van der Waals surface area contributed by atoms with Gasteiger partial charge in [-0.25, -0.2) is 0 Å². The molecule has 0 radical (unpaired) electrons. The second kappa shape index (κ2) is 9.71. The van der Waals surface area contributed by atoms with Crippen LogP contribution in [0.15, 0.2) is 0 Å². The van der Waals surface area contributed by atoms with Crippen molar-refractivity contribution in [1.82, 2.24) is 0 Å². The molecule has 0 aliphatic heterocycles. The highest BCUT2D eigenvalue weighted by atomic mass is 35.5. The molecule has 3 nitrogen and oxygen atoms in total. The van der Waals surface area contributed by atoms with Crippen molar-refractivity contribution < 1.29 is 9.90 Å². The van der Waals surface area contributed by atoms with Gasteiger partial charge in [0.2, 0.25) is 5.24 Å². The molecule has 1 rings (SSSR count). The molecule has 86 valence electrons. The lowest BCUT2D eigenvalue weighted by Crippen LogP contribution is -2.23. The highest BCUT2D eigenvalue weighted by Crippen LogP contribution is 2.15. The summed E-state index contributed by atoms with van der Waals surface area (Å²) in [5, 5.41) is 8.82. The van der Waals surface area contributed by atoms with Crippen molar-refractivity contribution in [2.75, 3.05) is 0 Å². The maximum atomic E-state index is 9.21. The molecular formula is C9H19Cl2NO2. The van der Waals surface area contributed by atoms with Crippen molar-refractivity contribution in [3.05, 3.63) is 0 Å². The first-order chi connectivity index (χ1) is 6.02. The summed E-state index contributed by atoms with van der Waals surface area (Å²) in [5.74, 6) is 0. The lowest BCUT2D eigenvalue weighted by molar-refractivity contribution is -0.109. The van der Waals surface area contributed by atoms with Gasteiger partial charge in [0.25, 0.3) is 0 Å². The molecule has 1 saturated carbocycles. The predicted octanol–water partition coefficient (Wildman–Crippen LogP) is 1.83. The van der Waals surface area contributed by atoms with Crippen LogP contribution in [0.5, 0.6) is 0 Å². The minimum Gasteiger partial charge on any atom is -0.393 e. The van der Waals surface area contributed by atoms with Crippen molar-refractivity contribution in [1.29, 1.82) is 0 Å². The van der Waals surface area contributed by atoms with Gasteiger partial charge in [-0.05, 0) is 30.9 Å². The first kappa shape index (κ1) is 16.6. The summed E-state index contributed by atoms with van der Waals surface area (Å²) in [6, 6.07) is 0.252. The van der Waals surface area contributed by atoms with Crippen molar-refractivity contribution in [2.45, 2.75) is 51.2 Å². The second-order valence-corrected chi connectivity index (χ2v) is 3.94. The van der Waals surface area contributed by atoms with E-state index in [2.05, 4.69) is 11.6 Å². The summed E-state index contributed by atoms with van der Waals surface area (Å²) in [6.07, 6.45) is 5.07. The summed E-state index contributed by atoms with van der Waals surface area (Å²) in [5.41, 5.74) is 5.67. The average Bonchev–Trinajstić information content (AvgIpc) is 2.12. The first-order valence-electron chi connectivity index (χ1n) is 4.62. The predicted molar refractivity (Wildman–Crippen MR) is 60.8 cm³/mol. The van der Waals surface area contributed by atoms with E-state index in [1.165, 1.54) is 13.3 Å². The van der Waals surface area contributed by atoms with Crippen LogP contribution in [0.2, 0.25) is 0 Å². The zero-order valence-corrected chi connectivity index (χ0v) is 9.98. The van der Waals surface area contributed by atoms with E-state index in [0.29, 0.717) is 0 Å². The Hall–Kier alpha value is 0.170. The van der Waals surface area contributed by atoms with E-state index < -0.39 is 0 Å². The molecule has 1 aliphatic rings. The lowest BCUT2D eigenvalue weighted by Gasteiger charge is -2.09. The topological polar surface area (TPSA) is 63.3 Å². The third-order valence-corrected chi connectivity index (χ3v) is 1.94. The van der Waals surface area contributed by atoms with Gasteiger partial charge in [-0.3, -0.25) is 4.79 Å². The monoisotopic (exact) mass is 243 g/mol. The molecule has 2 atom stereocenters. The van der Waals surface area contributed by atoms with Gasteiger partial charge < -0.3 is 10.8 Å². The van der Waals surface area contributed by atoms with E-state index >= 15 is 0 Å². The minimum absolute atomic E-state index is 0. The van der Waals surface area contributed by atoms with Crippen LogP contribution in [0.1, 0.15) is 39.0 Å². The molecule has 0 aromatic rings. The van der Waals surface area contributed by atoms with Crippen LogP contribution < -0.4 is 5.73 Å². The summed E-state index contributed by atoms with van der Waals surface area (Å²) < 4.78 is 0. The Morgan fingerprint density at radius 3 is 2.36 bits per heavy atom. The Bertz CT molecular complexity index is 142. The fraction of sp³-hybridized carbons (Fsp3) is 0.889. The van der Waals surface area contributed by atoms with Crippen LogP contribution in [0.3, 0.4) is 0 Å². The number of carbonyl (C=O) groups is 1. The molecule has 0 spiro atoms. The van der Waals surface area contributed by atoms with E-state index in [4.69, 9.17) is 5.73 Å². The van der Waals surface area contributed by atoms with Crippen molar-refractivity contribution in [3.8, 4) is 0 Å². The van der Waals surface area contributed by atoms with E-state index in [9.17, 15) is 9.90 Å². The van der Waals surface area contributed by atoms with Gasteiger partial charge in [0, 0.05) is 13.0 Å². The largest absolute Gasteiger partial charge is 0.393 e. The highest BCUT2D eigenvalue weighted by Gasteiger charge is 2.13. The van der Waals surface area contributed by atoms with Crippen LogP contribution in [-0.4, -0.2) is 22.5 Å². The van der Waals surface area contributed by atoms with Gasteiger partial charge in [-0.1, -0.05) is 12.8 Å². The van der Waals surface area contributed by atoms with Crippen LogP contribution in [0, 0.1) is 0 Å². The van der Waals surface area contributed by atoms with E-state index in [0.717, 1.165) is 25.7 Å².